The van der Waals surface area contributed by atoms with Crippen molar-refractivity contribution in [2.75, 3.05) is 19.6 Å². The number of amides is 4. The summed E-state index contributed by atoms with van der Waals surface area (Å²) in [7, 11) is 0. The Labute approximate surface area is 165 Å². The lowest BCUT2D eigenvalue weighted by Crippen LogP contribution is -2.50. The molecule has 0 aromatic rings. The van der Waals surface area contributed by atoms with Crippen molar-refractivity contribution in [3.8, 4) is 0 Å². The van der Waals surface area contributed by atoms with Crippen LogP contribution in [-0.2, 0) is 19.1 Å². The van der Waals surface area contributed by atoms with Crippen molar-refractivity contribution in [1.29, 1.82) is 0 Å². The zero-order valence-electron chi connectivity index (χ0n) is 17.0. The second-order valence-corrected chi connectivity index (χ2v) is 9.07. The molecule has 2 saturated heterocycles. The number of nitrogens with zero attached hydrogens (tertiary/aromatic N) is 2. The summed E-state index contributed by atoms with van der Waals surface area (Å²) in [5.41, 5.74) is -0.534. The highest BCUT2D eigenvalue weighted by atomic mass is 16.6. The van der Waals surface area contributed by atoms with Gasteiger partial charge in [0.25, 0.3) is 0 Å². The van der Waals surface area contributed by atoms with E-state index >= 15 is 0 Å². The van der Waals surface area contributed by atoms with Gasteiger partial charge in [-0.2, -0.15) is 0 Å². The molecule has 2 atom stereocenters. The van der Waals surface area contributed by atoms with Gasteiger partial charge in [-0.1, -0.05) is 12.8 Å². The van der Waals surface area contributed by atoms with Gasteiger partial charge >= 0.3 is 6.09 Å². The highest BCUT2D eigenvalue weighted by Gasteiger charge is 2.48. The van der Waals surface area contributed by atoms with E-state index in [1.54, 1.807) is 4.90 Å². The molecule has 3 fully saturated rings. The van der Waals surface area contributed by atoms with Crippen molar-refractivity contribution in [3.63, 3.8) is 0 Å². The number of hydrogen-bond acceptors (Lipinski definition) is 5. The lowest BCUT2D eigenvalue weighted by Gasteiger charge is -2.33. The van der Waals surface area contributed by atoms with E-state index in [2.05, 4.69) is 5.32 Å². The average molecular weight is 393 g/mol. The molecule has 4 amide bonds. The molecule has 8 nitrogen and oxygen atoms in total. The van der Waals surface area contributed by atoms with Gasteiger partial charge in [0, 0.05) is 19.1 Å². The first-order valence-corrected chi connectivity index (χ1v) is 10.3. The molecule has 1 saturated carbocycles. The van der Waals surface area contributed by atoms with Gasteiger partial charge in [0.05, 0.1) is 11.8 Å². The minimum absolute atomic E-state index is 0.0683. The number of ether oxygens (including phenoxy) is 1. The van der Waals surface area contributed by atoms with Gasteiger partial charge in [-0.05, 0) is 46.5 Å². The van der Waals surface area contributed by atoms with E-state index in [9.17, 15) is 19.2 Å². The summed E-state index contributed by atoms with van der Waals surface area (Å²) in [5.74, 6) is -1.15. The number of rotatable bonds is 3. The summed E-state index contributed by atoms with van der Waals surface area (Å²) in [4.78, 5) is 52.3. The van der Waals surface area contributed by atoms with Crippen molar-refractivity contribution >= 4 is 23.8 Å². The maximum Gasteiger partial charge on any atom is 0.410 e. The molecule has 2 heterocycles. The van der Waals surface area contributed by atoms with Crippen molar-refractivity contribution in [1.82, 2.24) is 15.1 Å². The predicted molar refractivity (Wildman–Crippen MR) is 101 cm³/mol. The van der Waals surface area contributed by atoms with Crippen molar-refractivity contribution in [2.24, 2.45) is 11.8 Å². The molecule has 28 heavy (non-hydrogen) atoms. The smallest absolute Gasteiger partial charge is 0.410 e. The summed E-state index contributed by atoms with van der Waals surface area (Å²) in [6.45, 7) is 6.30. The zero-order chi connectivity index (χ0) is 20.5. The number of likely N-dealkylation sites (tertiary alicyclic amines) is 2. The van der Waals surface area contributed by atoms with E-state index in [1.807, 2.05) is 20.8 Å². The molecule has 156 valence electrons. The van der Waals surface area contributed by atoms with Crippen LogP contribution in [0.5, 0.6) is 0 Å². The van der Waals surface area contributed by atoms with Crippen LogP contribution in [0.4, 0.5) is 4.79 Å². The highest BCUT2D eigenvalue weighted by molar-refractivity contribution is 6.07. The van der Waals surface area contributed by atoms with Crippen LogP contribution in [0, 0.1) is 11.8 Å². The molecule has 3 aliphatic rings. The fourth-order valence-corrected chi connectivity index (χ4v) is 4.34. The van der Waals surface area contributed by atoms with Crippen molar-refractivity contribution in [3.05, 3.63) is 0 Å². The third-order valence-corrected chi connectivity index (χ3v) is 5.75. The summed E-state index contributed by atoms with van der Waals surface area (Å²) < 4.78 is 5.37. The van der Waals surface area contributed by atoms with Crippen LogP contribution in [0.2, 0.25) is 0 Å². The van der Waals surface area contributed by atoms with Gasteiger partial charge in [0.2, 0.25) is 17.7 Å². The summed E-state index contributed by atoms with van der Waals surface area (Å²) in [6.07, 6.45) is 4.34. The van der Waals surface area contributed by atoms with Crippen molar-refractivity contribution in [2.45, 2.75) is 70.9 Å². The van der Waals surface area contributed by atoms with Gasteiger partial charge in [0.15, 0.2) is 0 Å². The monoisotopic (exact) mass is 393 g/mol. The Hall–Kier alpha value is -2.12. The molecular weight excluding hydrogens is 362 g/mol. The first-order valence-electron chi connectivity index (χ1n) is 10.3. The third kappa shape index (κ3) is 4.64. The van der Waals surface area contributed by atoms with Crippen LogP contribution in [0.1, 0.15) is 59.3 Å². The molecule has 1 N–H and O–H groups in total. The molecule has 0 radical (unpaired) electrons. The zero-order valence-corrected chi connectivity index (χ0v) is 17.0. The van der Waals surface area contributed by atoms with E-state index in [0.29, 0.717) is 25.9 Å². The van der Waals surface area contributed by atoms with Crippen LogP contribution >= 0.6 is 0 Å². The number of carbonyl (C=O) groups excluding carboxylic acids is 4. The highest BCUT2D eigenvalue weighted by Crippen LogP contribution is 2.37. The van der Waals surface area contributed by atoms with Crippen LogP contribution in [-0.4, -0.2) is 64.9 Å². The molecule has 0 aromatic heterocycles. The van der Waals surface area contributed by atoms with Crippen LogP contribution in [0.25, 0.3) is 0 Å². The fraction of sp³-hybridized carbons (Fsp3) is 0.800. The Balaban J connectivity index is 1.45. The number of fused-ring (bicyclic) bond motifs is 1. The molecular formula is C20H31N3O5. The molecule has 0 bridgehead atoms. The van der Waals surface area contributed by atoms with E-state index in [1.165, 1.54) is 0 Å². The lowest BCUT2D eigenvalue weighted by molar-refractivity contribution is -0.143. The fourth-order valence-electron chi connectivity index (χ4n) is 4.34. The topological polar surface area (TPSA) is 96.0 Å². The number of imide groups is 1. The maximum atomic E-state index is 12.5. The Morgan fingerprint density at radius 2 is 1.54 bits per heavy atom. The number of hydrogen-bond donors (Lipinski definition) is 1. The van der Waals surface area contributed by atoms with Gasteiger partial charge in [-0.25, -0.2) is 4.79 Å². The van der Waals surface area contributed by atoms with Gasteiger partial charge in [-0.15, -0.1) is 0 Å². The molecule has 1 aliphatic carbocycles. The van der Waals surface area contributed by atoms with Gasteiger partial charge in [-0.3, -0.25) is 19.3 Å². The van der Waals surface area contributed by atoms with Crippen LogP contribution in [0.15, 0.2) is 0 Å². The molecule has 2 aliphatic heterocycles. The third-order valence-electron chi connectivity index (χ3n) is 5.75. The summed E-state index contributed by atoms with van der Waals surface area (Å²) >= 11 is 0. The molecule has 2 unspecified atom stereocenters. The maximum absolute atomic E-state index is 12.5. The number of carbonyl (C=O) groups is 4. The van der Waals surface area contributed by atoms with Crippen molar-refractivity contribution < 1.29 is 23.9 Å². The SMILES string of the molecule is CC(C)(C)OC(=O)N1CCC(NC(=O)CN2C(=O)C3CCCCC3C2=O)CC1. The molecule has 3 rings (SSSR count). The molecule has 8 heteroatoms. The van der Waals surface area contributed by atoms with Crippen LogP contribution < -0.4 is 5.32 Å². The van der Waals surface area contributed by atoms with E-state index < -0.39 is 5.60 Å². The first kappa shape index (κ1) is 20.6. The minimum Gasteiger partial charge on any atom is -0.444 e. The summed E-state index contributed by atoms with van der Waals surface area (Å²) in [6, 6.07) is -0.0683. The van der Waals surface area contributed by atoms with E-state index in [0.717, 1.165) is 30.6 Å². The summed E-state index contributed by atoms with van der Waals surface area (Å²) in [5, 5.41) is 2.91. The second kappa shape index (κ2) is 8.09. The standard InChI is InChI=1S/C20H31N3O5/c1-20(2,3)28-19(27)22-10-8-13(9-11-22)21-16(24)12-23-17(25)14-6-4-5-7-15(14)18(23)26/h13-15H,4-12H2,1-3H3,(H,21,24). The van der Waals surface area contributed by atoms with E-state index in [4.69, 9.17) is 4.74 Å². The Kier molecular flexibility index (Phi) is 5.95. The normalized spacial score (nSPS) is 26.2. The molecule has 0 aromatic carbocycles. The first-order chi connectivity index (χ1) is 13.2. The predicted octanol–water partition coefficient (Wildman–Crippen LogP) is 1.68. The number of nitrogens with one attached hydrogen (secondary N) is 1. The number of piperidine rings is 1. The lowest BCUT2D eigenvalue weighted by atomic mass is 9.81. The minimum atomic E-state index is -0.534. The Morgan fingerprint density at radius 3 is 2.04 bits per heavy atom. The van der Waals surface area contributed by atoms with Gasteiger partial charge < -0.3 is 15.0 Å². The van der Waals surface area contributed by atoms with E-state index in [-0.39, 0.29) is 48.2 Å². The molecule has 0 spiro atoms. The average Bonchev–Trinajstić information content (AvgIpc) is 2.86. The largest absolute Gasteiger partial charge is 0.444 e. The van der Waals surface area contributed by atoms with Gasteiger partial charge in [0.1, 0.15) is 12.1 Å². The second-order valence-electron chi connectivity index (χ2n) is 9.07. The Bertz CT molecular complexity index is 625. The quantitative estimate of drug-likeness (QED) is 0.736. The van der Waals surface area contributed by atoms with Crippen LogP contribution in [0.3, 0.4) is 0 Å². The Morgan fingerprint density at radius 1 is 1.00 bits per heavy atom.